The minimum Gasteiger partial charge on any atom is -0.258 e. The molecule has 0 N–H and O–H groups in total. The molecular formula is C15H10N2O2. The lowest BCUT2D eigenvalue weighted by molar-refractivity contribution is -0.385. The SMILES string of the molecule is N#C/C(=C/c1ccccc1)c1ccccc1[N+](=O)[O-]. The molecule has 0 atom stereocenters. The maximum Gasteiger partial charge on any atom is 0.277 e. The van der Waals surface area contributed by atoms with Gasteiger partial charge in [0.05, 0.1) is 16.1 Å². The normalized spacial score (nSPS) is 10.8. The molecule has 0 bridgehead atoms. The number of nitro groups is 1. The van der Waals surface area contributed by atoms with Gasteiger partial charge in [0.1, 0.15) is 6.07 Å². The second-order valence-electron chi connectivity index (χ2n) is 3.85. The van der Waals surface area contributed by atoms with E-state index < -0.39 is 4.92 Å². The number of hydrogen-bond acceptors (Lipinski definition) is 3. The number of hydrogen-bond donors (Lipinski definition) is 0. The Morgan fingerprint density at radius 1 is 1.11 bits per heavy atom. The Morgan fingerprint density at radius 2 is 1.74 bits per heavy atom. The second-order valence-corrected chi connectivity index (χ2v) is 3.85. The van der Waals surface area contributed by atoms with Crippen LogP contribution < -0.4 is 0 Å². The molecule has 2 aromatic rings. The van der Waals surface area contributed by atoms with Crippen LogP contribution in [-0.2, 0) is 0 Å². The number of nitriles is 1. The highest BCUT2D eigenvalue weighted by Gasteiger charge is 2.15. The van der Waals surface area contributed by atoms with Crippen molar-refractivity contribution in [1.29, 1.82) is 5.26 Å². The van der Waals surface area contributed by atoms with E-state index in [9.17, 15) is 15.4 Å². The van der Waals surface area contributed by atoms with E-state index in [2.05, 4.69) is 0 Å². The molecule has 92 valence electrons. The van der Waals surface area contributed by atoms with E-state index in [1.807, 2.05) is 36.4 Å². The summed E-state index contributed by atoms with van der Waals surface area (Å²) in [4.78, 5) is 10.5. The summed E-state index contributed by atoms with van der Waals surface area (Å²) in [6.45, 7) is 0. The zero-order valence-corrected chi connectivity index (χ0v) is 9.98. The summed E-state index contributed by atoms with van der Waals surface area (Å²) in [7, 11) is 0. The van der Waals surface area contributed by atoms with Crippen molar-refractivity contribution in [1.82, 2.24) is 0 Å². The van der Waals surface area contributed by atoms with Crippen LogP contribution in [0.2, 0.25) is 0 Å². The van der Waals surface area contributed by atoms with Crippen molar-refractivity contribution in [3.8, 4) is 6.07 Å². The molecule has 0 aromatic heterocycles. The van der Waals surface area contributed by atoms with Gasteiger partial charge in [-0.2, -0.15) is 5.26 Å². The third kappa shape index (κ3) is 2.85. The van der Waals surface area contributed by atoms with Crippen LogP contribution in [0, 0.1) is 21.4 Å². The predicted molar refractivity (Wildman–Crippen MR) is 73.0 cm³/mol. The molecule has 0 fully saturated rings. The third-order valence-corrected chi connectivity index (χ3v) is 2.62. The summed E-state index contributed by atoms with van der Waals surface area (Å²) in [6.07, 6.45) is 1.64. The molecule has 19 heavy (non-hydrogen) atoms. The van der Waals surface area contributed by atoms with Gasteiger partial charge in [-0.1, -0.05) is 42.5 Å². The number of allylic oxidation sites excluding steroid dienone is 1. The van der Waals surface area contributed by atoms with Crippen LogP contribution >= 0.6 is 0 Å². The van der Waals surface area contributed by atoms with E-state index in [0.29, 0.717) is 5.56 Å². The predicted octanol–water partition coefficient (Wildman–Crippen LogP) is 3.66. The van der Waals surface area contributed by atoms with E-state index in [4.69, 9.17) is 0 Å². The second kappa shape index (κ2) is 5.61. The van der Waals surface area contributed by atoms with Crippen LogP contribution in [0.1, 0.15) is 11.1 Å². The molecule has 0 spiro atoms. The van der Waals surface area contributed by atoms with Crippen molar-refractivity contribution in [2.45, 2.75) is 0 Å². The lowest BCUT2D eigenvalue weighted by Gasteiger charge is -2.01. The molecule has 0 aliphatic carbocycles. The number of benzene rings is 2. The fourth-order valence-corrected chi connectivity index (χ4v) is 1.75. The van der Waals surface area contributed by atoms with Gasteiger partial charge < -0.3 is 0 Å². The fourth-order valence-electron chi connectivity index (χ4n) is 1.75. The molecular weight excluding hydrogens is 240 g/mol. The number of rotatable bonds is 3. The molecule has 4 nitrogen and oxygen atoms in total. The molecule has 4 heteroatoms. The zero-order valence-electron chi connectivity index (χ0n) is 9.98. The summed E-state index contributed by atoms with van der Waals surface area (Å²) < 4.78 is 0. The summed E-state index contributed by atoms with van der Waals surface area (Å²) in [5.74, 6) is 0. The molecule has 0 aliphatic heterocycles. The van der Waals surface area contributed by atoms with Gasteiger partial charge in [-0.3, -0.25) is 10.1 Å². The highest BCUT2D eigenvalue weighted by molar-refractivity contribution is 5.92. The fraction of sp³-hybridized carbons (Fsp3) is 0. The first-order valence-electron chi connectivity index (χ1n) is 5.63. The Bertz CT molecular complexity index is 670. The van der Waals surface area contributed by atoms with E-state index in [-0.39, 0.29) is 11.3 Å². The average molecular weight is 250 g/mol. The van der Waals surface area contributed by atoms with Crippen LogP contribution in [0.5, 0.6) is 0 Å². The van der Waals surface area contributed by atoms with Gasteiger partial charge >= 0.3 is 0 Å². The van der Waals surface area contributed by atoms with E-state index in [1.54, 1.807) is 24.3 Å². The quantitative estimate of drug-likeness (QED) is 0.361. The smallest absolute Gasteiger partial charge is 0.258 e. The molecule has 0 aliphatic rings. The minimum atomic E-state index is -0.481. The number of nitrogens with zero attached hydrogens (tertiary/aromatic N) is 2. The van der Waals surface area contributed by atoms with E-state index in [0.717, 1.165) is 5.56 Å². The third-order valence-electron chi connectivity index (χ3n) is 2.62. The van der Waals surface area contributed by atoms with Crippen molar-refractivity contribution in [2.75, 3.05) is 0 Å². The van der Waals surface area contributed by atoms with Crippen LogP contribution in [0.3, 0.4) is 0 Å². The highest BCUT2D eigenvalue weighted by atomic mass is 16.6. The van der Waals surface area contributed by atoms with Gasteiger partial charge in [0.15, 0.2) is 0 Å². The van der Waals surface area contributed by atoms with Crippen molar-refractivity contribution in [2.24, 2.45) is 0 Å². The van der Waals surface area contributed by atoms with Crippen LogP contribution in [-0.4, -0.2) is 4.92 Å². The Morgan fingerprint density at radius 3 is 2.37 bits per heavy atom. The Balaban J connectivity index is 2.53. The van der Waals surface area contributed by atoms with Crippen LogP contribution in [0.4, 0.5) is 5.69 Å². The largest absolute Gasteiger partial charge is 0.277 e. The Hall–Kier alpha value is -2.93. The van der Waals surface area contributed by atoms with Crippen LogP contribution in [0.15, 0.2) is 54.6 Å². The first-order chi connectivity index (χ1) is 9.22. The van der Waals surface area contributed by atoms with E-state index >= 15 is 0 Å². The Labute approximate surface area is 110 Å². The molecule has 2 aromatic carbocycles. The van der Waals surface area contributed by atoms with Crippen molar-refractivity contribution >= 4 is 17.3 Å². The standard InChI is InChI=1S/C15H10N2O2/c16-11-13(10-12-6-2-1-3-7-12)14-8-4-5-9-15(14)17(18)19/h1-10H/b13-10-. The van der Waals surface area contributed by atoms with Gasteiger partial charge in [-0.25, -0.2) is 0 Å². The summed E-state index contributed by atoms with van der Waals surface area (Å²) >= 11 is 0. The topological polar surface area (TPSA) is 66.9 Å². The van der Waals surface area contributed by atoms with Crippen molar-refractivity contribution in [3.63, 3.8) is 0 Å². The molecule has 0 amide bonds. The van der Waals surface area contributed by atoms with Crippen LogP contribution in [0.25, 0.3) is 11.6 Å². The first-order valence-corrected chi connectivity index (χ1v) is 5.63. The first kappa shape index (κ1) is 12.5. The maximum atomic E-state index is 11.0. The molecule has 2 rings (SSSR count). The maximum absolute atomic E-state index is 11.0. The molecule has 0 unspecified atom stereocenters. The van der Waals surface area contributed by atoms with Gasteiger partial charge in [-0.15, -0.1) is 0 Å². The van der Waals surface area contributed by atoms with Gasteiger partial charge in [0.25, 0.3) is 5.69 Å². The van der Waals surface area contributed by atoms with Gasteiger partial charge in [0.2, 0.25) is 0 Å². The highest BCUT2D eigenvalue weighted by Crippen LogP contribution is 2.26. The van der Waals surface area contributed by atoms with E-state index in [1.165, 1.54) is 6.07 Å². The lowest BCUT2D eigenvalue weighted by Crippen LogP contribution is -1.93. The van der Waals surface area contributed by atoms with Gasteiger partial charge in [0, 0.05) is 6.07 Å². The molecule has 0 saturated heterocycles. The molecule has 0 heterocycles. The molecule has 0 saturated carbocycles. The molecule has 0 radical (unpaired) electrons. The summed E-state index contributed by atoms with van der Waals surface area (Å²) in [6, 6.07) is 17.5. The monoisotopic (exact) mass is 250 g/mol. The summed E-state index contributed by atoms with van der Waals surface area (Å²) in [5.41, 5.74) is 1.38. The Kier molecular flexibility index (Phi) is 3.70. The zero-order chi connectivity index (χ0) is 13.7. The van der Waals surface area contributed by atoms with Gasteiger partial charge in [-0.05, 0) is 17.7 Å². The lowest BCUT2D eigenvalue weighted by atomic mass is 10.0. The number of nitro benzene ring substituents is 1. The number of para-hydroxylation sites is 1. The summed E-state index contributed by atoms with van der Waals surface area (Å²) in [5, 5.41) is 20.2. The average Bonchev–Trinajstić information content (AvgIpc) is 2.46. The minimum absolute atomic E-state index is 0.0637. The van der Waals surface area contributed by atoms with Crippen molar-refractivity contribution < 1.29 is 4.92 Å². The van der Waals surface area contributed by atoms with Crippen molar-refractivity contribution in [3.05, 3.63) is 75.8 Å².